The summed E-state index contributed by atoms with van der Waals surface area (Å²) in [6.45, 7) is 2.51. The largest absolute Gasteiger partial charge is 0.481 e. The van der Waals surface area contributed by atoms with Gasteiger partial charge in [0.2, 0.25) is 0 Å². The van der Waals surface area contributed by atoms with Crippen LogP contribution in [0.3, 0.4) is 0 Å². The molecule has 11 heteroatoms. The molecule has 0 saturated heterocycles. The standard InChI is InChI=1S/C21H19F3N4O4/c1-13-4-3-5-14(2)20(13)32-10-19(30)31-9-18(29)27-16-8-15(21(22,23)24)6-7-17(16)28-12-25-11-26-28/h3-8,11-12H,9-10H2,1-2H3,(H,27,29). The number of halogens is 3. The molecule has 3 rings (SSSR count). The molecule has 3 aromatic rings. The predicted octanol–water partition coefficient (Wildman–Crippen LogP) is 3.46. The summed E-state index contributed by atoms with van der Waals surface area (Å²) < 4.78 is 50.8. The minimum atomic E-state index is -4.61. The number of rotatable bonds is 7. The van der Waals surface area contributed by atoms with Gasteiger partial charge in [-0.2, -0.15) is 18.3 Å². The minimum Gasteiger partial charge on any atom is -0.481 e. The Morgan fingerprint density at radius 3 is 2.44 bits per heavy atom. The maximum Gasteiger partial charge on any atom is 0.416 e. The summed E-state index contributed by atoms with van der Waals surface area (Å²) >= 11 is 0. The van der Waals surface area contributed by atoms with Gasteiger partial charge in [0, 0.05) is 0 Å². The molecule has 0 spiro atoms. The monoisotopic (exact) mass is 448 g/mol. The van der Waals surface area contributed by atoms with E-state index < -0.39 is 36.8 Å². The van der Waals surface area contributed by atoms with Crippen LogP contribution in [0, 0.1) is 13.8 Å². The van der Waals surface area contributed by atoms with E-state index in [2.05, 4.69) is 15.4 Å². The van der Waals surface area contributed by atoms with Crippen molar-refractivity contribution >= 4 is 17.6 Å². The van der Waals surface area contributed by atoms with Crippen molar-refractivity contribution < 1.29 is 32.2 Å². The summed E-state index contributed by atoms with van der Waals surface area (Å²) in [7, 11) is 0. The Labute approximate surface area is 181 Å². The first kappa shape index (κ1) is 22.8. The fourth-order valence-corrected chi connectivity index (χ4v) is 2.88. The second-order valence-corrected chi connectivity index (χ2v) is 6.79. The molecule has 168 valence electrons. The number of anilines is 1. The van der Waals surface area contributed by atoms with E-state index in [-0.39, 0.29) is 11.4 Å². The lowest BCUT2D eigenvalue weighted by Crippen LogP contribution is -2.24. The van der Waals surface area contributed by atoms with Crippen molar-refractivity contribution in [2.75, 3.05) is 18.5 Å². The first-order chi connectivity index (χ1) is 15.1. The van der Waals surface area contributed by atoms with Crippen molar-refractivity contribution in [1.29, 1.82) is 0 Å². The zero-order chi connectivity index (χ0) is 23.3. The molecule has 0 radical (unpaired) electrons. The lowest BCUT2D eigenvalue weighted by molar-refractivity contribution is -0.149. The van der Waals surface area contributed by atoms with Crippen LogP contribution in [0.4, 0.5) is 18.9 Å². The van der Waals surface area contributed by atoms with Crippen LogP contribution in [0.5, 0.6) is 5.75 Å². The Balaban J connectivity index is 1.63. The van der Waals surface area contributed by atoms with Crippen LogP contribution in [0.15, 0.2) is 49.1 Å². The van der Waals surface area contributed by atoms with E-state index in [1.807, 2.05) is 32.0 Å². The third-order valence-electron chi connectivity index (χ3n) is 4.37. The smallest absolute Gasteiger partial charge is 0.416 e. The number of alkyl halides is 3. The zero-order valence-electron chi connectivity index (χ0n) is 17.1. The van der Waals surface area contributed by atoms with E-state index in [0.29, 0.717) is 5.75 Å². The molecule has 1 amide bonds. The van der Waals surface area contributed by atoms with Gasteiger partial charge < -0.3 is 14.8 Å². The number of aryl methyl sites for hydroxylation is 2. The van der Waals surface area contributed by atoms with Crippen LogP contribution in [0.2, 0.25) is 0 Å². The average Bonchev–Trinajstić information content (AvgIpc) is 3.26. The molecule has 32 heavy (non-hydrogen) atoms. The van der Waals surface area contributed by atoms with Crippen LogP contribution < -0.4 is 10.1 Å². The molecule has 0 unspecified atom stereocenters. The molecule has 1 aromatic heterocycles. The molecule has 0 bridgehead atoms. The van der Waals surface area contributed by atoms with Gasteiger partial charge in [0.15, 0.2) is 13.2 Å². The minimum absolute atomic E-state index is 0.161. The molecule has 1 heterocycles. The SMILES string of the molecule is Cc1cccc(C)c1OCC(=O)OCC(=O)Nc1cc(C(F)(F)F)ccc1-n1cncn1. The number of para-hydroxylation sites is 1. The van der Waals surface area contributed by atoms with E-state index in [0.717, 1.165) is 29.3 Å². The number of hydrogen-bond donors (Lipinski definition) is 1. The highest BCUT2D eigenvalue weighted by Gasteiger charge is 2.31. The van der Waals surface area contributed by atoms with Crippen molar-refractivity contribution in [2.24, 2.45) is 0 Å². The summed E-state index contributed by atoms with van der Waals surface area (Å²) in [5.74, 6) is -1.09. The summed E-state index contributed by atoms with van der Waals surface area (Å²) in [4.78, 5) is 27.9. The molecule has 0 atom stereocenters. The van der Waals surface area contributed by atoms with E-state index in [1.54, 1.807) is 0 Å². The first-order valence-electron chi connectivity index (χ1n) is 9.36. The normalized spacial score (nSPS) is 11.2. The summed E-state index contributed by atoms with van der Waals surface area (Å²) in [6, 6.07) is 8.27. The van der Waals surface area contributed by atoms with Crippen LogP contribution in [-0.2, 0) is 20.5 Å². The van der Waals surface area contributed by atoms with Gasteiger partial charge in [0.25, 0.3) is 5.91 Å². The van der Waals surface area contributed by atoms with Crippen LogP contribution in [0.25, 0.3) is 5.69 Å². The van der Waals surface area contributed by atoms with Crippen LogP contribution in [-0.4, -0.2) is 39.9 Å². The number of nitrogens with zero attached hydrogens (tertiary/aromatic N) is 3. The second kappa shape index (κ2) is 9.50. The van der Waals surface area contributed by atoms with Gasteiger partial charge in [-0.25, -0.2) is 14.5 Å². The molecule has 0 fully saturated rings. The van der Waals surface area contributed by atoms with Crippen molar-refractivity contribution in [3.63, 3.8) is 0 Å². The average molecular weight is 448 g/mol. The number of amides is 1. The van der Waals surface area contributed by atoms with Crippen molar-refractivity contribution in [1.82, 2.24) is 14.8 Å². The molecule has 1 N–H and O–H groups in total. The molecule has 0 aliphatic carbocycles. The third-order valence-corrected chi connectivity index (χ3v) is 4.37. The van der Waals surface area contributed by atoms with Crippen LogP contribution in [0.1, 0.15) is 16.7 Å². The number of aromatic nitrogens is 3. The lowest BCUT2D eigenvalue weighted by atomic mass is 10.1. The molecule has 0 aliphatic heterocycles. The Kier molecular flexibility index (Phi) is 6.76. The fourth-order valence-electron chi connectivity index (χ4n) is 2.88. The van der Waals surface area contributed by atoms with Crippen LogP contribution >= 0.6 is 0 Å². The number of nitrogens with one attached hydrogen (secondary N) is 1. The summed E-state index contributed by atoms with van der Waals surface area (Å²) in [5.41, 5.74) is 0.698. The Morgan fingerprint density at radius 1 is 1.09 bits per heavy atom. The fraction of sp³-hybridized carbons (Fsp3) is 0.238. The topological polar surface area (TPSA) is 95.3 Å². The quantitative estimate of drug-likeness (QED) is 0.557. The molecule has 0 saturated carbocycles. The lowest BCUT2D eigenvalue weighted by Gasteiger charge is -2.15. The molecule has 0 aliphatic rings. The van der Waals surface area contributed by atoms with Gasteiger partial charge in [-0.05, 0) is 43.2 Å². The van der Waals surface area contributed by atoms with Gasteiger partial charge >= 0.3 is 12.1 Å². The van der Waals surface area contributed by atoms with E-state index >= 15 is 0 Å². The number of ether oxygens (including phenoxy) is 2. The molecular formula is C21H19F3N4O4. The molecular weight excluding hydrogens is 429 g/mol. The third kappa shape index (κ3) is 5.62. The Bertz CT molecular complexity index is 1090. The summed E-state index contributed by atoms with van der Waals surface area (Å²) in [5, 5.41) is 6.17. The van der Waals surface area contributed by atoms with E-state index in [4.69, 9.17) is 9.47 Å². The number of esters is 1. The van der Waals surface area contributed by atoms with Crippen molar-refractivity contribution in [3.8, 4) is 11.4 Å². The number of hydrogen-bond acceptors (Lipinski definition) is 6. The molecule has 2 aromatic carbocycles. The van der Waals surface area contributed by atoms with Gasteiger partial charge in [-0.1, -0.05) is 18.2 Å². The van der Waals surface area contributed by atoms with Crippen molar-refractivity contribution in [2.45, 2.75) is 20.0 Å². The second-order valence-electron chi connectivity index (χ2n) is 6.79. The number of carbonyl (C=O) groups excluding carboxylic acids is 2. The Hall–Kier alpha value is -3.89. The van der Waals surface area contributed by atoms with Gasteiger partial charge in [-0.3, -0.25) is 4.79 Å². The maximum atomic E-state index is 13.1. The van der Waals surface area contributed by atoms with Gasteiger partial charge in [0.05, 0.1) is 16.9 Å². The highest BCUT2D eigenvalue weighted by molar-refractivity contribution is 5.94. The van der Waals surface area contributed by atoms with E-state index in [1.165, 1.54) is 17.3 Å². The van der Waals surface area contributed by atoms with Gasteiger partial charge in [-0.15, -0.1) is 0 Å². The predicted molar refractivity (Wildman–Crippen MR) is 107 cm³/mol. The van der Waals surface area contributed by atoms with Crippen molar-refractivity contribution in [3.05, 3.63) is 65.7 Å². The van der Waals surface area contributed by atoms with E-state index in [9.17, 15) is 22.8 Å². The number of carbonyl (C=O) groups is 2. The highest BCUT2D eigenvalue weighted by atomic mass is 19.4. The Morgan fingerprint density at radius 2 is 1.81 bits per heavy atom. The van der Waals surface area contributed by atoms with Gasteiger partial charge in [0.1, 0.15) is 18.4 Å². The maximum absolute atomic E-state index is 13.1. The molecule has 8 nitrogen and oxygen atoms in total. The number of benzene rings is 2. The zero-order valence-corrected chi connectivity index (χ0v) is 17.1. The highest BCUT2D eigenvalue weighted by Crippen LogP contribution is 2.33. The first-order valence-corrected chi connectivity index (χ1v) is 9.36. The summed E-state index contributed by atoms with van der Waals surface area (Å²) in [6.07, 6.45) is -2.15.